The van der Waals surface area contributed by atoms with Crippen molar-refractivity contribution >= 4 is 11.6 Å². The number of carbonyl (C=O) groups excluding carboxylic acids is 1. The van der Waals surface area contributed by atoms with Crippen molar-refractivity contribution in [2.24, 2.45) is 5.41 Å². The molecule has 6 atom stereocenters. The molecule has 0 radical (unpaired) electrons. The van der Waals surface area contributed by atoms with Crippen molar-refractivity contribution in [1.82, 2.24) is 15.2 Å². The number of hydrogen-bond donors (Lipinski definition) is 2. The van der Waals surface area contributed by atoms with Gasteiger partial charge in [-0.3, -0.25) is 9.78 Å². The lowest BCUT2D eigenvalue weighted by atomic mass is 9.70. The SMILES string of the molecule is CO[C@@H]1COCC[C@@H]1N[C@@H]1CC[C@@](C(=O)N2C[C@H]3C[C@@H]2CN3c2ccnc(C(F)(F)F)c2)(C(C)(C)O)C1. The number of amides is 1. The summed E-state index contributed by atoms with van der Waals surface area (Å²) >= 11 is 0. The van der Waals surface area contributed by atoms with Crippen LogP contribution in [0.1, 0.15) is 51.6 Å². The van der Waals surface area contributed by atoms with Gasteiger partial charge in [-0.2, -0.15) is 13.2 Å². The van der Waals surface area contributed by atoms with Gasteiger partial charge in [-0.15, -0.1) is 0 Å². The second kappa shape index (κ2) is 9.66. The van der Waals surface area contributed by atoms with Crippen molar-refractivity contribution in [3.8, 4) is 0 Å². The summed E-state index contributed by atoms with van der Waals surface area (Å²) in [7, 11) is 1.68. The first-order chi connectivity index (χ1) is 17.4. The Labute approximate surface area is 215 Å². The molecule has 3 aliphatic heterocycles. The maximum absolute atomic E-state index is 14.1. The number of anilines is 1. The van der Waals surface area contributed by atoms with Gasteiger partial charge in [0.05, 0.1) is 29.8 Å². The minimum atomic E-state index is -4.50. The molecule has 2 N–H and O–H groups in total. The van der Waals surface area contributed by atoms with Crippen LogP contribution in [0.15, 0.2) is 18.3 Å². The zero-order chi connectivity index (χ0) is 26.6. The third-order valence-corrected chi connectivity index (χ3v) is 9.02. The van der Waals surface area contributed by atoms with E-state index in [2.05, 4.69) is 10.3 Å². The lowest BCUT2D eigenvalue weighted by Gasteiger charge is -2.45. The van der Waals surface area contributed by atoms with E-state index in [0.717, 1.165) is 18.9 Å². The lowest BCUT2D eigenvalue weighted by molar-refractivity contribution is -0.159. The van der Waals surface area contributed by atoms with Gasteiger partial charge in [0.15, 0.2) is 0 Å². The smallest absolute Gasteiger partial charge is 0.389 e. The standard InChI is InChI=1S/C26H37F3N4O4/c1-24(2,35)25(7-4-16(12-25)31-20-6-9-37-15-21(20)36-3)23(34)33-14-18-10-19(33)13-32(18)17-5-8-30-22(11-17)26(27,28)29/h5,8,11,16,18-21,31,35H,4,6-7,9-10,12-15H2,1-3H3/t16-,18-,19-,20+,21-,25-/m1/s1. The average Bonchev–Trinajstić information content (AvgIpc) is 3.58. The molecule has 1 saturated carbocycles. The number of alkyl halides is 3. The predicted molar refractivity (Wildman–Crippen MR) is 130 cm³/mol. The van der Waals surface area contributed by atoms with Crippen LogP contribution in [0.25, 0.3) is 0 Å². The molecule has 1 amide bonds. The molecular weight excluding hydrogens is 489 g/mol. The highest BCUT2D eigenvalue weighted by Gasteiger charge is 2.59. The molecule has 3 saturated heterocycles. The van der Waals surface area contributed by atoms with Crippen molar-refractivity contribution in [3.63, 3.8) is 0 Å². The zero-order valence-electron chi connectivity index (χ0n) is 21.6. The fourth-order valence-electron chi connectivity index (χ4n) is 6.90. The summed E-state index contributed by atoms with van der Waals surface area (Å²) in [6.07, 6.45) is 0.0459. The third-order valence-electron chi connectivity index (χ3n) is 9.02. The Kier molecular flexibility index (Phi) is 6.96. The Morgan fingerprint density at radius 1 is 1.27 bits per heavy atom. The number of halogens is 3. The van der Waals surface area contributed by atoms with Gasteiger partial charge in [0.1, 0.15) is 5.69 Å². The van der Waals surface area contributed by atoms with Crippen molar-refractivity contribution in [3.05, 3.63) is 24.0 Å². The van der Waals surface area contributed by atoms with Gasteiger partial charge in [0, 0.05) is 56.8 Å². The van der Waals surface area contributed by atoms with Crippen LogP contribution in [0, 0.1) is 5.41 Å². The molecule has 0 unspecified atom stereocenters. The Morgan fingerprint density at radius 2 is 2.05 bits per heavy atom. The molecule has 4 heterocycles. The third kappa shape index (κ3) is 4.84. The van der Waals surface area contributed by atoms with Crippen LogP contribution in [-0.2, 0) is 20.4 Å². The number of nitrogens with one attached hydrogen (secondary N) is 1. The van der Waals surface area contributed by atoms with Gasteiger partial charge in [0.25, 0.3) is 0 Å². The fourth-order valence-corrected chi connectivity index (χ4v) is 6.90. The first-order valence-corrected chi connectivity index (χ1v) is 13.1. The molecule has 0 spiro atoms. The van der Waals surface area contributed by atoms with Gasteiger partial charge in [-0.1, -0.05) is 0 Å². The minimum Gasteiger partial charge on any atom is -0.389 e. The summed E-state index contributed by atoms with van der Waals surface area (Å²) in [5.74, 6) is -0.0440. The molecule has 4 aliphatic rings. The van der Waals surface area contributed by atoms with E-state index in [1.165, 1.54) is 6.20 Å². The van der Waals surface area contributed by atoms with Crippen LogP contribution in [0.2, 0.25) is 0 Å². The molecule has 0 aromatic carbocycles. The van der Waals surface area contributed by atoms with E-state index in [0.29, 0.717) is 51.3 Å². The van der Waals surface area contributed by atoms with E-state index in [1.54, 1.807) is 27.0 Å². The van der Waals surface area contributed by atoms with Crippen LogP contribution < -0.4 is 10.2 Å². The highest BCUT2D eigenvalue weighted by atomic mass is 19.4. The number of aromatic nitrogens is 1. The van der Waals surface area contributed by atoms with Gasteiger partial charge >= 0.3 is 6.18 Å². The molecule has 11 heteroatoms. The molecule has 8 nitrogen and oxygen atoms in total. The fraction of sp³-hybridized carbons (Fsp3) is 0.769. The van der Waals surface area contributed by atoms with E-state index in [9.17, 15) is 23.1 Å². The summed E-state index contributed by atoms with van der Waals surface area (Å²) in [5.41, 5.74) is -2.57. The highest BCUT2D eigenvalue weighted by Crippen LogP contribution is 2.50. The summed E-state index contributed by atoms with van der Waals surface area (Å²) in [6.45, 7) is 5.54. The van der Waals surface area contributed by atoms with Gasteiger partial charge in [-0.25, -0.2) is 0 Å². The number of methoxy groups -OCH3 is 1. The number of likely N-dealkylation sites (tertiary alicyclic amines) is 1. The molecule has 206 valence electrons. The second-order valence-electron chi connectivity index (χ2n) is 11.5. The number of rotatable bonds is 6. The molecule has 5 rings (SSSR count). The molecule has 4 fully saturated rings. The van der Waals surface area contributed by atoms with Crippen molar-refractivity contribution in [1.29, 1.82) is 0 Å². The predicted octanol–water partition coefficient (Wildman–Crippen LogP) is 2.59. The maximum atomic E-state index is 14.1. The number of piperazine rings is 1. The Morgan fingerprint density at radius 3 is 2.70 bits per heavy atom. The van der Waals surface area contributed by atoms with Crippen LogP contribution in [-0.4, -0.2) is 90.2 Å². The quantitative estimate of drug-likeness (QED) is 0.589. The number of ether oxygens (including phenoxy) is 2. The number of carbonyl (C=O) groups is 1. The minimum absolute atomic E-state index is 0.0440. The molecule has 1 aliphatic carbocycles. The largest absolute Gasteiger partial charge is 0.433 e. The normalized spacial score (nSPS) is 34.4. The Balaban J connectivity index is 1.29. The maximum Gasteiger partial charge on any atom is 0.433 e. The van der Waals surface area contributed by atoms with Crippen LogP contribution in [0.3, 0.4) is 0 Å². The highest BCUT2D eigenvalue weighted by molar-refractivity contribution is 5.85. The van der Waals surface area contributed by atoms with E-state index in [1.807, 2.05) is 9.80 Å². The van der Waals surface area contributed by atoms with Crippen molar-refractivity contribution < 1.29 is 32.5 Å². The first kappa shape index (κ1) is 26.6. The number of nitrogens with zero attached hydrogens (tertiary/aromatic N) is 3. The Bertz CT molecular complexity index is 1000. The van der Waals surface area contributed by atoms with Crippen molar-refractivity contribution in [2.45, 2.75) is 88.0 Å². The molecule has 37 heavy (non-hydrogen) atoms. The zero-order valence-corrected chi connectivity index (χ0v) is 21.6. The van der Waals surface area contributed by atoms with E-state index in [-0.39, 0.29) is 36.2 Å². The van der Waals surface area contributed by atoms with Crippen LogP contribution >= 0.6 is 0 Å². The summed E-state index contributed by atoms with van der Waals surface area (Å²) in [4.78, 5) is 21.4. The van der Waals surface area contributed by atoms with Gasteiger partial charge in [0.2, 0.25) is 5.91 Å². The van der Waals surface area contributed by atoms with Crippen LogP contribution in [0.4, 0.5) is 18.9 Å². The Hall–Kier alpha value is -1.95. The summed E-state index contributed by atoms with van der Waals surface area (Å²) < 4.78 is 50.7. The second-order valence-corrected chi connectivity index (χ2v) is 11.5. The van der Waals surface area contributed by atoms with Crippen molar-refractivity contribution in [2.75, 3.05) is 38.3 Å². The van der Waals surface area contributed by atoms with E-state index >= 15 is 0 Å². The first-order valence-electron chi connectivity index (χ1n) is 13.1. The molecular formula is C26H37F3N4O4. The molecule has 2 bridgehead atoms. The topological polar surface area (TPSA) is 87.2 Å². The molecule has 1 aromatic rings. The molecule has 1 aromatic heterocycles. The van der Waals surface area contributed by atoms with Gasteiger partial charge in [-0.05, 0) is 58.1 Å². The number of hydrogen-bond acceptors (Lipinski definition) is 7. The summed E-state index contributed by atoms with van der Waals surface area (Å²) in [6, 6.07) is 2.73. The monoisotopic (exact) mass is 526 g/mol. The number of fused-ring (bicyclic) bond motifs is 2. The summed E-state index contributed by atoms with van der Waals surface area (Å²) in [5, 5.41) is 15.0. The van der Waals surface area contributed by atoms with Gasteiger partial charge < -0.3 is 29.7 Å². The van der Waals surface area contributed by atoms with E-state index in [4.69, 9.17) is 9.47 Å². The number of pyridine rings is 1. The number of aliphatic hydroxyl groups is 1. The average molecular weight is 527 g/mol. The van der Waals surface area contributed by atoms with E-state index < -0.39 is 22.9 Å². The lowest BCUT2D eigenvalue weighted by Crippen LogP contribution is -2.59. The van der Waals surface area contributed by atoms with Crippen LogP contribution in [0.5, 0.6) is 0 Å².